The fraction of sp³-hybridized carbons (Fsp3) is 0.261. The molecule has 4 aromatic rings. The molecule has 33 heavy (non-hydrogen) atoms. The molecule has 1 aliphatic heterocycles. The Bertz CT molecular complexity index is 1220. The van der Waals surface area contributed by atoms with Crippen molar-refractivity contribution in [2.24, 2.45) is 0 Å². The molecule has 1 fully saturated rings. The van der Waals surface area contributed by atoms with Crippen LogP contribution in [0.2, 0.25) is 0 Å². The summed E-state index contributed by atoms with van der Waals surface area (Å²) in [5.74, 6) is 1.42. The minimum absolute atomic E-state index is 0.0129. The molecule has 1 aliphatic rings. The predicted molar refractivity (Wildman–Crippen MR) is 125 cm³/mol. The molecule has 9 nitrogen and oxygen atoms in total. The average molecular weight is 462 g/mol. The summed E-state index contributed by atoms with van der Waals surface area (Å²) in [5, 5.41) is 15.2. The molecule has 0 spiro atoms. The van der Waals surface area contributed by atoms with Crippen molar-refractivity contribution in [3.05, 3.63) is 76.2 Å². The van der Waals surface area contributed by atoms with Gasteiger partial charge >= 0.3 is 0 Å². The molecule has 10 heteroatoms. The second-order valence-electron chi connectivity index (χ2n) is 7.68. The monoisotopic (exact) mass is 461 g/mol. The zero-order valence-electron chi connectivity index (χ0n) is 18.2. The van der Waals surface area contributed by atoms with E-state index in [0.717, 1.165) is 22.1 Å². The first-order valence-corrected chi connectivity index (χ1v) is 11.6. The van der Waals surface area contributed by atoms with Crippen molar-refractivity contribution < 1.29 is 9.53 Å². The summed E-state index contributed by atoms with van der Waals surface area (Å²) in [6, 6.07) is 17.1. The highest BCUT2D eigenvalue weighted by atomic mass is 32.1. The van der Waals surface area contributed by atoms with E-state index in [1.54, 1.807) is 16.0 Å². The van der Waals surface area contributed by atoms with E-state index in [1.807, 2.05) is 71.8 Å². The Morgan fingerprint density at radius 3 is 2.48 bits per heavy atom. The lowest BCUT2D eigenvalue weighted by Gasteiger charge is -2.34. The van der Waals surface area contributed by atoms with Crippen LogP contribution in [0, 0.1) is 6.92 Å². The fourth-order valence-corrected chi connectivity index (χ4v) is 4.33. The molecular weight excluding hydrogens is 438 g/mol. The van der Waals surface area contributed by atoms with Crippen LogP contribution < -0.4 is 9.64 Å². The second kappa shape index (κ2) is 9.37. The average Bonchev–Trinajstić information content (AvgIpc) is 3.52. The Morgan fingerprint density at radius 1 is 1.03 bits per heavy atom. The third-order valence-corrected chi connectivity index (χ3v) is 6.28. The summed E-state index contributed by atoms with van der Waals surface area (Å²) in [6.07, 6.45) is 0. The van der Waals surface area contributed by atoms with Gasteiger partial charge in [0.2, 0.25) is 5.95 Å². The fourth-order valence-electron chi connectivity index (χ4n) is 3.73. The van der Waals surface area contributed by atoms with Gasteiger partial charge in [-0.1, -0.05) is 23.3 Å². The second-order valence-corrected chi connectivity index (χ2v) is 8.74. The Morgan fingerprint density at radius 2 is 1.79 bits per heavy atom. The van der Waals surface area contributed by atoms with Gasteiger partial charge in [0.15, 0.2) is 0 Å². The van der Waals surface area contributed by atoms with Crippen molar-refractivity contribution in [3.8, 4) is 11.4 Å². The van der Waals surface area contributed by atoms with Gasteiger partial charge < -0.3 is 14.5 Å². The smallest absolute Gasteiger partial charge is 0.253 e. The summed E-state index contributed by atoms with van der Waals surface area (Å²) in [4.78, 5) is 21.3. The van der Waals surface area contributed by atoms with E-state index in [0.29, 0.717) is 44.3 Å². The van der Waals surface area contributed by atoms with Gasteiger partial charge in [-0.2, -0.15) is 4.68 Å². The van der Waals surface area contributed by atoms with Gasteiger partial charge in [0.1, 0.15) is 12.4 Å². The van der Waals surface area contributed by atoms with Crippen molar-refractivity contribution in [1.29, 1.82) is 0 Å². The number of para-hydroxylation sites is 1. The van der Waals surface area contributed by atoms with Crippen LogP contribution in [0.1, 0.15) is 21.1 Å². The molecule has 168 valence electrons. The summed E-state index contributed by atoms with van der Waals surface area (Å²) >= 11 is 1.60. The quantitative estimate of drug-likeness (QED) is 0.436. The van der Waals surface area contributed by atoms with Crippen LogP contribution in [-0.4, -0.2) is 62.2 Å². The van der Waals surface area contributed by atoms with E-state index in [9.17, 15) is 4.79 Å². The lowest BCUT2D eigenvalue weighted by atomic mass is 10.1. The third kappa shape index (κ3) is 4.70. The van der Waals surface area contributed by atoms with E-state index < -0.39 is 0 Å². The summed E-state index contributed by atoms with van der Waals surface area (Å²) in [6.45, 7) is 4.91. The number of piperazine rings is 1. The van der Waals surface area contributed by atoms with E-state index in [2.05, 4.69) is 25.4 Å². The summed E-state index contributed by atoms with van der Waals surface area (Å²) in [7, 11) is 0. The number of benzene rings is 2. The molecule has 1 amide bonds. The third-order valence-electron chi connectivity index (χ3n) is 5.46. The number of hydrogen-bond donors (Lipinski definition) is 0. The standard InChI is InChI=1S/C23H23N7O2S/c1-17-24-19(16-33-17)15-32-21-9-7-18(8-10-21)22(31)28-11-13-29(14-12-28)23-25-26-27-30(23)20-5-3-2-4-6-20/h2-10,16H,11-15H2,1H3. The van der Waals surface area contributed by atoms with Gasteiger partial charge in [-0.15, -0.1) is 11.3 Å². The number of thiazole rings is 1. The first kappa shape index (κ1) is 21.1. The van der Waals surface area contributed by atoms with Crippen LogP contribution >= 0.6 is 11.3 Å². The maximum atomic E-state index is 13.0. The molecule has 0 aliphatic carbocycles. The SMILES string of the molecule is Cc1nc(COc2ccc(C(=O)N3CCN(c4nnnn4-c4ccccc4)CC3)cc2)cs1. The molecule has 0 N–H and O–H groups in total. The van der Waals surface area contributed by atoms with E-state index in [-0.39, 0.29) is 5.91 Å². The summed E-state index contributed by atoms with van der Waals surface area (Å²) in [5.41, 5.74) is 2.46. The van der Waals surface area contributed by atoms with Gasteiger partial charge in [0.25, 0.3) is 5.91 Å². The first-order chi connectivity index (χ1) is 16.2. The first-order valence-electron chi connectivity index (χ1n) is 10.7. The molecule has 3 heterocycles. The van der Waals surface area contributed by atoms with Crippen molar-refractivity contribution in [1.82, 2.24) is 30.1 Å². The van der Waals surface area contributed by atoms with Crippen molar-refractivity contribution >= 4 is 23.2 Å². The predicted octanol–water partition coefficient (Wildman–Crippen LogP) is 2.97. The molecule has 0 bridgehead atoms. The van der Waals surface area contributed by atoms with Gasteiger partial charge in [0, 0.05) is 37.1 Å². The molecular formula is C23H23N7O2S. The van der Waals surface area contributed by atoms with Crippen molar-refractivity contribution in [2.75, 3.05) is 31.1 Å². The van der Waals surface area contributed by atoms with Crippen LogP contribution in [0.25, 0.3) is 5.69 Å². The Kier molecular flexibility index (Phi) is 5.99. The van der Waals surface area contributed by atoms with Gasteiger partial charge in [-0.3, -0.25) is 4.79 Å². The number of ether oxygens (including phenoxy) is 1. The number of amides is 1. The largest absolute Gasteiger partial charge is 0.487 e. The summed E-state index contributed by atoms with van der Waals surface area (Å²) < 4.78 is 7.51. The molecule has 2 aromatic heterocycles. The highest BCUT2D eigenvalue weighted by Crippen LogP contribution is 2.20. The van der Waals surface area contributed by atoms with Crippen molar-refractivity contribution in [2.45, 2.75) is 13.5 Å². The lowest BCUT2D eigenvalue weighted by Crippen LogP contribution is -2.49. The van der Waals surface area contributed by atoms with Crippen LogP contribution in [0.4, 0.5) is 5.95 Å². The van der Waals surface area contributed by atoms with Gasteiger partial charge in [0.05, 0.1) is 16.4 Å². The van der Waals surface area contributed by atoms with E-state index in [1.165, 1.54) is 0 Å². The van der Waals surface area contributed by atoms with Crippen LogP contribution in [0.3, 0.4) is 0 Å². The highest BCUT2D eigenvalue weighted by Gasteiger charge is 2.25. The minimum atomic E-state index is 0.0129. The number of carbonyl (C=O) groups excluding carboxylic acids is 1. The number of aromatic nitrogens is 5. The number of aryl methyl sites for hydroxylation is 1. The van der Waals surface area contributed by atoms with Gasteiger partial charge in [-0.05, 0) is 53.7 Å². The number of carbonyl (C=O) groups is 1. The van der Waals surface area contributed by atoms with Crippen molar-refractivity contribution in [3.63, 3.8) is 0 Å². The molecule has 5 rings (SSSR count). The maximum Gasteiger partial charge on any atom is 0.253 e. The molecule has 2 aromatic carbocycles. The van der Waals surface area contributed by atoms with Crippen LogP contribution in [0.15, 0.2) is 60.0 Å². The normalized spacial score (nSPS) is 13.8. The highest BCUT2D eigenvalue weighted by molar-refractivity contribution is 7.09. The topological polar surface area (TPSA) is 89.3 Å². The number of anilines is 1. The molecule has 0 unspecified atom stereocenters. The maximum absolute atomic E-state index is 13.0. The molecule has 0 radical (unpaired) electrons. The Hall–Kier alpha value is -3.79. The molecule has 0 saturated carbocycles. The Labute approximate surface area is 195 Å². The Balaban J connectivity index is 1.18. The zero-order valence-corrected chi connectivity index (χ0v) is 19.0. The number of rotatable bonds is 6. The van der Waals surface area contributed by atoms with E-state index >= 15 is 0 Å². The lowest BCUT2D eigenvalue weighted by molar-refractivity contribution is 0.0746. The minimum Gasteiger partial charge on any atom is -0.487 e. The number of tetrazole rings is 1. The van der Waals surface area contributed by atoms with Crippen LogP contribution in [0.5, 0.6) is 5.75 Å². The number of hydrogen-bond acceptors (Lipinski definition) is 8. The van der Waals surface area contributed by atoms with Gasteiger partial charge in [-0.25, -0.2) is 4.98 Å². The van der Waals surface area contributed by atoms with E-state index in [4.69, 9.17) is 4.74 Å². The number of nitrogens with zero attached hydrogens (tertiary/aromatic N) is 7. The van der Waals surface area contributed by atoms with Crippen LogP contribution in [-0.2, 0) is 6.61 Å². The molecule has 1 saturated heterocycles. The molecule has 0 atom stereocenters. The zero-order chi connectivity index (χ0) is 22.6.